The monoisotopic (exact) mass is 468 g/mol. The highest BCUT2D eigenvalue weighted by Crippen LogP contribution is 2.21. The molecule has 1 aromatic heterocycles. The fourth-order valence-corrected chi connectivity index (χ4v) is 3.90. The van der Waals surface area contributed by atoms with Crippen molar-refractivity contribution in [3.05, 3.63) is 64.8 Å². The number of aromatic nitrogens is 1. The SMILES string of the molecule is O=C(CC[C@H]1NC(=O)c2ccccc2NC1=O)NCCn1ccc2ccc(Br)cc21. The van der Waals surface area contributed by atoms with Gasteiger partial charge in [-0.3, -0.25) is 14.4 Å². The molecule has 0 saturated heterocycles. The van der Waals surface area contributed by atoms with Gasteiger partial charge in [0.15, 0.2) is 0 Å². The van der Waals surface area contributed by atoms with Crippen LogP contribution in [0.5, 0.6) is 0 Å². The number of benzene rings is 2. The van der Waals surface area contributed by atoms with E-state index in [-0.39, 0.29) is 30.6 Å². The fraction of sp³-hybridized carbons (Fsp3) is 0.227. The lowest BCUT2D eigenvalue weighted by Gasteiger charge is -2.14. The van der Waals surface area contributed by atoms with Crippen LogP contribution in [0.15, 0.2) is 59.2 Å². The molecular weight excluding hydrogens is 448 g/mol. The number of amides is 3. The van der Waals surface area contributed by atoms with Gasteiger partial charge in [0.1, 0.15) is 6.04 Å². The second kappa shape index (κ2) is 8.71. The molecule has 1 aliphatic rings. The lowest BCUT2D eigenvalue weighted by atomic mass is 10.1. The summed E-state index contributed by atoms with van der Waals surface area (Å²) in [7, 11) is 0. The molecule has 3 N–H and O–H groups in total. The number of fused-ring (bicyclic) bond motifs is 2. The first kappa shape index (κ1) is 20.2. The van der Waals surface area contributed by atoms with Gasteiger partial charge in [-0.25, -0.2) is 0 Å². The maximum Gasteiger partial charge on any atom is 0.254 e. The van der Waals surface area contributed by atoms with Crippen LogP contribution in [-0.2, 0) is 16.1 Å². The van der Waals surface area contributed by atoms with Crippen LogP contribution in [0.2, 0.25) is 0 Å². The van der Waals surface area contributed by atoms with Crippen molar-refractivity contribution >= 4 is 50.2 Å². The van der Waals surface area contributed by atoms with E-state index in [0.29, 0.717) is 24.3 Å². The van der Waals surface area contributed by atoms with E-state index in [1.807, 2.05) is 30.5 Å². The van der Waals surface area contributed by atoms with E-state index in [9.17, 15) is 14.4 Å². The molecule has 2 heterocycles. The van der Waals surface area contributed by atoms with Gasteiger partial charge in [0, 0.05) is 35.7 Å². The second-order valence-corrected chi connectivity index (χ2v) is 8.08. The number of anilines is 1. The zero-order valence-electron chi connectivity index (χ0n) is 16.2. The summed E-state index contributed by atoms with van der Waals surface area (Å²) in [6.45, 7) is 1.12. The molecule has 0 fully saturated rings. The van der Waals surface area contributed by atoms with E-state index in [4.69, 9.17) is 0 Å². The summed E-state index contributed by atoms with van der Waals surface area (Å²) in [5.74, 6) is -0.790. The molecule has 154 valence electrons. The Morgan fingerprint density at radius 3 is 2.83 bits per heavy atom. The fourth-order valence-electron chi connectivity index (χ4n) is 3.55. The van der Waals surface area contributed by atoms with Crippen molar-refractivity contribution in [2.45, 2.75) is 25.4 Å². The summed E-state index contributed by atoms with van der Waals surface area (Å²) in [6, 6.07) is 14.2. The van der Waals surface area contributed by atoms with E-state index >= 15 is 0 Å². The van der Waals surface area contributed by atoms with Crippen molar-refractivity contribution in [1.29, 1.82) is 0 Å². The van der Waals surface area contributed by atoms with Gasteiger partial charge in [-0.15, -0.1) is 0 Å². The Hall–Kier alpha value is -3.13. The Labute approximate surface area is 182 Å². The molecule has 2 aromatic carbocycles. The van der Waals surface area contributed by atoms with Crippen LogP contribution in [0.3, 0.4) is 0 Å². The van der Waals surface area contributed by atoms with Crippen molar-refractivity contribution in [3.63, 3.8) is 0 Å². The molecule has 0 unspecified atom stereocenters. The number of rotatable bonds is 6. The Bertz CT molecular complexity index is 1120. The van der Waals surface area contributed by atoms with E-state index in [0.717, 1.165) is 15.4 Å². The van der Waals surface area contributed by atoms with Crippen molar-refractivity contribution < 1.29 is 14.4 Å². The molecule has 0 saturated carbocycles. The Morgan fingerprint density at radius 2 is 1.97 bits per heavy atom. The van der Waals surface area contributed by atoms with Gasteiger partial charge in [0.05, 0.1) is 11.3 Å². The molecule has 0 spiro atoms. The van der Waals surface area contributed by atoms with E-state index in [1.165, 1.54) is 0 Å². The Kier molecular flexibility index (Phi) is 5.85. The summed E-state index contributed by atoms with van der Waals surface area (Å²) < 4.78 is 3.08. The van der Waals surface area contributed by atoms with Crippen LogP contribution >= 0.6 is 15.9 Å². The van der Waals surface area contributed by atoms with Crippen molar-refractivity contribution in [2.75, 3.05) is 11.9 Å². The molecule has 0 radical (unpaired) electrons. The molecule has 3 amide bonds. The van der Waals surface area contributed by atoms with E-state index < -0.39 is 6.04 Å². The highest BCUT2D eigenvalue weighted by atomic mass is 79.9. The summed E-state index contributed by atoms with van der Waals surface area (Å²) >= 11 is 3.48. The zero-order valence-corrected chi connectivity index (χ0v) is 17.7. The van der Waals surface area contributed by atoms with Crippen LogP contribution in [0, 0.1) is 0 Å². The van der Waals surface area contributed by atoms with Gasteiger partial charge in [0.25, 0.3) is 5.91 Å². The molecule has 30 heavy (non-hydrogen) atoms. The molecular formula is C22H21BrN4O3. The predicted molar refractivity (Wildman–Crippen MR) is 118 cm³/mol. The minimum Gasteiger partial charge on any atom is -0.354 e. The maximum absolute atomic E-state index is 12.4. The number of carbonyl (C=O) groups excluding carboxylic acids is 3. The Balaban J connectivity index is 1.28. The standard InChI is InChI=1S/C22H21BrN4O3/c23-15-6-5-14-9-11-27(19(14)13-15)12-10-24-20(28)8-7-18-22(30)25-17-4-2-1-3-16(17)21(29)26-18/h1-6,9,11,13,18H,7-8,10,12H2,(H,24,28)(H,25,30)(H,26,29)/t18-/m1/s1. The summed E-state index contributed by atoms with van der Waals surface area (Å²) in [4.78, 5) is 37.0. The summed E-state index contributed by atoms with van der Waals surface area (Å²) in [5.41, 5.74) is 2.00. The first-order chi connectivity index (χ1) is 14.5. The van der Waals surface area contributed by atoms with Gasteiger partial charge in [0.2, 0.25) is 11.8 Å². The smallest absolute Gasteiger partial charge is 0.254 e. The predicted octanol–water partition coefficient (Wildman–Crippen LogP) is 3.05. The van der Waals surface area contributed by atoms with Crippen LogP contribution in [0.1, 0.15) is 23.2 Å². The molecule has 1 atom stereocenters. The Morgan fingerprint density at radius 1 is 1.13 bits per heavy atom. The highest BCUT2D eigenvalue weighted by molar-refractivity contribution is 9.10. The zero-order chi connectivity index (χ0) is 21.1. The van der Waals surface area contributed by atoms with Gasteiger partial charge in [-0.2, -0.15) is 0 Å². The quantitative estimate of drug-likeness (QED) is 0.518. The summed E-state index contributed by atoms with van der Waals surface area (Å²) in [5, 5.41) is 9.48. The lowest BCUT2D eigenvalue weighted by molar-refractivity contribution is -0.121. The topological polar surface area (TPSA) is 92.2 Å². The van der Waals surface area contributed by atoms with Crippen LogP contribution < -0.4 is 16.0 Å². The number of halogens is 1. The van der Waals surface area contributed by atoms with Crippen molar-refractivity contribution in [2.24, 2.45) is 0 Å². The third-order valence-corrected chi connectivity index (χ3v) is 5.62. The second-order valence-electron chi connectivity index (χ2n) is 7.16. The van der Waals surface area contributed by atoms with E-state index in [2.05, 4.69) is 36.4 Å². The molecule has 3 aromatic rings. The maximum atomic E-state index is 12.4. The summed E-state index contributed by atoms with van der Waals surface area (Å²) in [6.07, 6.45) is 2.37. The minimum absolute atomic E-state index is 0.146. The molecule has 0 bridgehead atoms. The number of carbonyl (C=O) groups is 3. The normalized spacial score (nSPS) is 15.8. The molecule has 7 nitrogen and oxygen atoms in total. The first-order valence-corrected chi connectivity index (χ1v) is 10.5. The molecule has 8 heteroatoms. The number of nitrogens with one attached hydrogen (secondary N) is 3. The number of hydrogen-bond donors (Lipinski definition) is 3. The van der Waals surface area contributed by atoms with Gasteiger partial charge >= 0.3 is 0 Å². The number of hydrogen-bond acceptors (Lipinski definition) is 3. The van der Waals surface area contributed by atoms with Crippen LogP contribution in [-0.4, -0.2) is 34.9 Å². The third kappa shape index (κ3) is 4.38. The number of nitrogens with zero attached hydrogens (tertiary/aromatic N) is 1. The average Bonchev–Trinajstić information content (AvgIpc) is 3.07. The third-order valence-electron chi connectivity index (χ3n) is 5.12. The van der Waals surface area contributed by atoms with Crippen LogP contribution in [0.4, 0.5) is 5.69 Å². The average molecular weight is 469 g/mol. The highest BCUT2D eigenvalue weighted by Gasteiger charge is 2.27. The van der Waals surface area contributed by atoms with Crippen LogP contribution in [0.25, 0.3) is 10.9 Å². The molecule has 4 rings (SSSR count). The van der Waals surface area contributed by atoms with E-state index in [1.54, 1.807) is 24.3 Å². The lowest BCUT2D eigenvalue weighted by Crippen LogP contribution is -2.42. The first-order valence-electron chi connectivity index (χ1n) is 9.73. The van der Waals surface area contributed by atoms with Gasteiger partial charge < -0.3 is 20.5 Å². The minimum atomic E-state index is -0.749. The van der Waals surface area contributed by atoms with Gasteiger partial charge in [-0.05, 0) is 42.1 Å². The largest absolute Gasteiger partial charge is 0.354 e. The molecule has 0 aliphatic carbocycles. The van der Waals surface area contributed by atoms with Gasteiger partial charge in [-0.1, -0.05) is 34.1 Å². The van der Waals surface area contributed by atoms with Crippen molar-refractivity contribution in [1.82, 2.24) is 15.2 Å². The number of para-hydroxylation sites is 1. The van der Waals surface area contributed by atoms with Crippen molar-refractivity contribution in [3.8, 4) is 0 Å². The molecule has 1 aliphatic heterocycles.